The highest BCUT2D eigenvalue weighted by Crippen LogP contribution is 2.34. The molecule has 0 spiro atoms. The van der Waals surface area contributed by atoms with Crippen LogP contribution in [0.4, 0.5) is 0 Å². The van der Waals surface area contributed by atoms with Gasteiger partial charge in [0.2, 0.25) is 0 Å². The summed E-state index contributed by atoms with van der Waals surface area (Å²) < 4.78 is 0. The van der Waals surface area contributed by atoms with Gasteiger partial charge in [-0.05, 0) is 12.0 Å². The van der Waals surface area contributed by atoms with Gasteiger partial charge < -0.3 is 0 Å². The Morgan fingerprint density at radius 3 is 1.60 bits per heavy atom. The molecule has 0 radical (unpaired) electrons. The quantitative estimate of drug-likeness (QED) is 0.371. The van der Waals surface area contributed by atoms with E-state index in [4.69, 9.17) is 0 Å². The minimum atomic E-state index is -1.27. The first-order chi connectivity index (χ1) is 4.31. The maximum Gasteiger partial charge on any atom is 0.137 e. The van der Waals surface area contributed by atoms with Crippen molar-refractivity contribution in [2.75, 3.05) is 0 Å². The highest BCUT2D eigenvalue weighted by molar-refractivity contribution is 6.87. The van der Waals surface area contributed by atoms with Gasteiger partial charge in [-0.15, -0.1) is 11.5 Å². The average molecular weight is 154 g/mol. The molecule has 0 N–H and O–H groups in total. The molecule has 0 rings (SSSR count). The van der Waals surface area contributed by atoms with Crippen molar-refractivity contribution in [2.24, 2.45) is 0 Å². The van der Waals surface area contributed by atoms with E-state index in [-0.39, 0.29) is 0 Å². The fourth-order valence-electron chi connectivity index (χ4n) is 0.500. The SMILES string of the molecule is CC#C[Si](C)(C)C(C)(C)C. The van der Waals surface area contributed by atoms with Gasteiger partial charge in [0.05, 0.1) is 0 Å². The van der Waals surface area contributed by atoms with Crippen LogP contribution < -0.4 is 0 Å². The Kier molecular flexibility index (Phi) is 2.73. The van der Waals surface area contributed by atoms with Crippen LogP contribution in [0.25, 0.3) is 0 Å². The van der Waals surface area contributed by atoms with Gasteiger partial charge in [-0.2, -0.15) is 0 Å². The molecular weight excluding hydrogens is 136 g/mol. The van der Waals surface area contributed by atoms with Crippen molar-refractivity contribution in [3.63, 3.8) is 0 Å². The Balaban J connectivity index is 4.51. The lowest BCUT2D eigenvalue weighted by molar-refractivity contribution is 0.731. The van der Waals surface area contributed by atoms with Crippen molar-refractivity contribution in [3.05, 3.63) is 0 Å². The van der Waals surface area contributed by atoms with Gasteiger partial charge in [0, 0.05) is 0 Å². The second-order valence-corrected chi connectivity index (χ2v) is 9.25. The maximum absolute atomic E-state index is 3.35. The molecule has 0 fully saturated rings. The molecule has 58 valence electrons. The molecule has 0 bridgehead atoms. The van der Waals surface area contributed by atoms with Crippen LogP contribution >= 0.6 is 0 Å². The fraction of sp³-hybridized carbons (Fsp3) is 0.778. The van der Waals surface area contributed by atoms with Crippen LogP contribution in [0.1, 0.15) is 27.7 Å². The molecule has 0 atom stereocenters. The van der Waals surface area contributed by atoms with Crippen molar-refractivity contribution >= 4 is 8.07 Å². The monoisotopic (exact) mass is 154 g/mol. The lowest BCUT2D eigenvalue weighted by atomic mass is 10.2. The van der Waals surface area contributed by atoms with E-state index < -0.39 is 8.07 Å². The summed E-state index contributed by atoms with van der Waals surface area (Å²) in [6.07, 6.45) is 0. The van der Waals surface area contributed by atoms with E-state index in [0.29, 0.717) is 5.04 Å². The van der Waals surface area contributed by atoms with E-state index in [9.17, 15) is 0 Å². The van der Waals surface area contributed by atoms with Crippen LogP contribution in [-0.4, -0.2) is 8.07 Å². The molecule has 0 nitrogen and oxygen atoms in total. The maximum atomic E-state index is 3.35. The lowest BCUT2D eigenvalue weighted by Gasteiger charge is -2.31. The molecule has 0 unspecified atom stereocenters. The number of hydrogen-bond donors (Lipinski definition) is 0. The molecule has 0 aromatic rings. The van der Waals surface area contributed by atoms with Crippen molar-refractivity contribution in [2.45, 2.75) is 45.8 Å². The van der Waals surface area contributed by atoms with E-state index in [1.807, 2.05) is 6.92 Å². The summed E-state index contributed by atoms with van der Waals surface area (Å²) in [5.74, 6) is 3.03. The van der Waals surface area contributed by atoms with E-state index in [1.165, 1.54) is 0 Å². The first kappa shape index (κ1) is 9.78. The predicted octanol–water partition coefficient (Wildman–Crippen LogP) is 3.06. The predicted molar refractivity (Wildman–Crippen MR) is 50.6 cm³/mol. The van der Waals surface area contributed by atoms with Crippen molar-refractivity contribution in [1.82, 2.24) is 0 Å². The molecule has 10 heavy (non-hydrogen) atoms. The molecule has 0 saturated heterocycles. The van der Waals surface area contributed by atoms with Gasteiger partial charge in [-0.3, -0.25) is 0 Å². The van der Waals surface area contributed by atoms with Crippen molar-refractivity contribution < 1.29 is 0 Å². The standard InChI is InChI=1S/C9H18Si/c1-7-8-10(5,6)9(2,3)4/h1-6H3. The Labute approximate surface area is 66.0 Å². The summed E-state index contributed by atoms with van der Waals surface area (Å²) in [5, 5.41) is 0.413. The third kappa shape index (κ3) is 2.19. The third-order valence-electron chi connectivity index (χ3n) is 2.31. The molecule has 0 aromatic carbocycles. The summed E-state index contributed by atoms with van der Waals surface area (Å²) in [5.41, 5.74) is 3.35. The van der Waals surface area contributed by atoms with Crippen molar-refractivity contribution in [3.8, 4) is 11.5 Å². The zero-order chi connectivity index (χ0) is 8.41. The third-order valence-corrected chi connectivity index (χ3v) is 6.94. The summed E-state index contributed by atoms with van der Waals surface area (Å²) >= 11 is 0. The Morgan fingerprint density at radius 2 is 1.50 bits per heavy atom. The highest BCUT2D eigenvalue weighted by Gasteiger charge is 2.33. The lowest BCUT2D eigenvalue weighted by Crippen LogP contribution is -2.35. The van der Waals surface area contributed by atoms with Crippen LogP contribution in [0, 0.1) is 11.5 Å². The number of hydrogen-bond acceptors (Lipinski definition) is 0. The van der Waals surface area contributed by atoms with E-state index in [0.717, 1.165) is 0 Å². The highest BCUT2D eigenvalue weighted by atomic mass is 28.3. The van der Waals surface area contributed by atoms with E-state index >= 15 is 0 Å². The normalized spacial score (nSPS) is 12.2. The molecule has 0 aliphatic heterocycles. The Morgan fingerprint density at radius 1 is 1.10 bits per heavy atom. The summed E-state index contributed by atoms with van der Waals surface area (Å²) in [6, 6.07) is 0. The van der Waals surface area contributed by atoms with Crippen LogP contribution in [0.15, 0.2) is 0 Å². The molecule has 0 aliphatic rings. The summed E-state index contributed by atoms with van der Waals surface area (Å²) in [7, 11) is -1.27. The van der Waals surface area contributed by atoms with Crippen LogP contribution in [-0.2, 0) is 0 Å². The first-order valence-electron chi connectivity index (χ1n) is 3.75. The van der Waals surface area contributed by atoms with E-state index in [1.54, 1.807) is 0 Å². The minimum Gasteiger partial charge on any atom is -0.131 e. The van der Waals surface area contributed by atoms with Gasteiger partial charge in [0.15, 0.2) is 0 Å². The molecule has 0 amide bonds. The Hall–Kier alpha value is -0.223. The largest absolute Gasteiger partial charge is 0.137 e. The molecule has 1 heteroatoms. The molecule has 0 aliphatic carbocycles. The zero-order valence-corrected chi connectivity index (χ0v) is 9.00. The molecule has 0 aromatic heterocycles. The van der Waals surface area contributed by atoms with Gasteiger partial charge in [-0.25, -0.2) is 0 Å². The zero-order valence-electron chi connectivity index (χ0n) is 8.00. The molecule has 0 heterocycles. The van der Waals surface area contributed by atoms with E-state index in [2.05, 4.69) is 45.3 Å². The van der Waals surface area contributed by atoms with Gasteiger partial charge >= 0.3 is 0 Å². The van der Waals surface area contributed by atoms with Gasteiger partial charge in [0.1, 0.15) is 8.07 Å². The summed E-state index contributed by atoms with van der Waals surface area (Å²) in [4.78, 5) is 0. The smallest absolute Gasteiger partial charge is 0.131 e. The second kappa shape index (κ2) is 2.80. The average Bonchev–Trinajstić information content (AvgIpc) is 1.61. The number of rotatable bonds is 0. The van der Waals surface area contributed by atoms with Crippen molar-refractivity contribution in [1.29, 1.82) is 0 Å². The van der Waals surface area contributed by atoms with Crippen LogP contribution in [0.3, 0.4) is 0 Å². The van der Waals surface area contributed by atoms with Gasteiger partial charge in [0.25, 0.3) is 0 Å². The minimum absolute atomic E-state index is 0.413. The molecule has 0 saturated carbocycles. The second-order valence-electron chi connectivity index (χ2n) is 4.25. The first-order valence-corrected chi connectivity index (χ1v) is 6.75. The Bertz CT molecular complexity index is 161. The summed E-state index contributed by atoms with van der Waals surface area (Å²) in [6.45, 7) is 13.4. The van der Waals surface area contributed by atoms with Crippen LogP contribution in [0.5, 0.6) is 0 Å². The fourth-order valence-corrected chi connectivity index (χ4v) is 1.50. The molecular formula is C9H18Si. The topological polar surface area (TPSA) is 0 Å². The van der Waals surface area contributed by atoms with Crippen LogP contribution in [0.2, 0.25) is 18.1 Å². The van der Waals surface area contributed by atoms with Gasteiger partial charge in [-0.1, -0.05) is 33.9 Å².